The van der Waals surface area contributed by atoms with Crippen LogP contribution in [0.3, 0.4) is 0 Å². The minimum atomic E-state index is -1.07. The van der Waals surface area contributed by atoms with Crippen LogP contribution in [-0.2, 0) is 12.8 Å². The molecule has 11 N–H and O–H groups in total. The molecule has 3 aromatic rings. The lowest BCUT2D eigenvalue weighted by molar-refractivity contribution is -0.0652. The molecule has 11 nitrogen and oxygen atoms in total. The van der Waals surface area contributed by atoms with Crippen LogP contribution in [0.4, 0.5) is 0 Å². The molecular weight excluding hydrogens is 943 g/mol. The first-order chi connectivity index (χ1) is 34.9. The number of dihydropyridines is 1. The summed E-state index contributed by atoms with van der Waals surface area (Å²) in [6.07, 6.45) is 11.9. The number of allylic oxidation sites excluding steroid dienone is 3. The van der Waals surface area contributed by atoms with Gasteiger partial charge in [-0.3, -0.25) is 0 Å². The summed E-state index contributed by atoms with van der Waals surface area (Å²) in [5.41, 5.74) is 13.4. The lowest BCUT2D eigenvalue weighted by Gasteiger charge is -2.55. The fourth-order valence-corrected chi connectivity index (χ4v) is 17.4. The van der Waals surface area contributed by atoms with Crippen LogP contribution >= 0.6 is 21.6 Å². The Morgan fingerprint density at radius 3 is 2.47 bits per heavy atom. The molecule has 7 aliphatic rings. The maximum absolute atomic E-state index is 12.6. The number of benzene rings is 2. The lowest BCUT2D eigenvalue weighted by Crippen LogP contribution is -2.50. The zero-order valence-electron chi connectivity index (χ0n) is 41.8. The van der Waals surface area contributed by atoms with Crippen LogP contribution in [0, 0.1) is 58.2 Å². The van der Waals surface area contributed by atoms with Gasteiger partial charge in [0, 0.05) is 83.7 Å². The third kappa shape index (κ3) is 10.3. The molecule has 2 saturated carbocycles. The third-order valence-corrected chi connectivity index (χ3v) is 20.9. The van der Waals surface area contributed by atoms with Crippen LogP contribution < -0.4 is 15.8 Å². The Bertz CT molecular complexity index is 2520. The molecule has 2 aromatic carbocycles. The summed E-state index contributed by atoms with van der Waals surface area (Å²) < 4.78 is 6.95. The molecule has 13 heteroatoms. The summed E-state index contributed by atoms with van der Waals surface area (Å²) in [4.78, 5) is 3.37. The Morgan fingerprint density at radius 2 is 1.72 bits per heavy atom. The van der Waals surface area contributed by atoms with Gasteiger partial charge in [-0.25, -0.2) is 0 Å². The molecule has 3 heterocycles. The van der Waals surface area contributed by atoms with Crippen molar-refractivity contribution in [1.82, 2.24) is 10.3 Å². The average molecular weight is 1020 g/mol. The molecular formula is C59H77N3O8S2. The first-order valence-corrected chi connectivity index (χ1v) is 29.5. The van der Waals surface area contributed by atoms with Crippen molar-refractivity contribution in [2.45, 2.75) is 139 Å². The molecule has 0 bridgehead atoms. The summed E-state index contributed by atoms with van der Waals surface area (Å²) in [5, 5.41) is 86.4. The van der Waals surface area contributed by atoms with Gasteiger partial charge >= 0.3 is 0 Å². The number of ether oxygens (including phenoxy) is 1. The van der Waals surface area contributed by atoms with E-state index < -0.39 is 53.7 Å². The predicted octanol–water partition coefficient (Wildman–Crippen LogP) is 8.01. The topological polar surface area (TPSA) is 205 Å². The molecule has 5 aliphatic carbocycles. The SMILES string of the molecule is CCC1Cc2cc(O)c(OC3CC(Cc4ccc[nH]4)C4=CCNC(N)=C4CSSCC(CO)C3O)cc2C2CC(O)C3C(C#CC4(CC(O)CCC3O)CC(c3ccccc3)CC3(CCCC3)C4CO)C=C12. The Balaban J connectivity index is 1.04. The molecule has 1 saturated heterocycles. The summed E-state index contributed by atoms with van der Waals surface area (Å²) in [6, 6.07) is 18.5. The minimum absolute atomic E-state index is 0.00340. The number of aliphatic hydroxyl groups excluding tert-OH is 6. The molecule has 14 unspecified atom stereocenters. The first kappa shape index (κ1) is 51.6. The summed E-state index contributed by atoms with van der Waals surface area (Å²) in [5.74, 6) is 7.89. The van der Waals surface area contributed by atoms with Gasteiger partial charge in [0.2, 0.25) is 0 Å². The van der Waals surface area contributed by atoms with Gasteiger partial charge in [-0.15, -0.1) is 0 Å². The van der Waals surface area contributed by atoms with Gasteiger partial charge in [-0.2, -0.15) is 0 Å². The highest BCUT2D eigenvalue weighted by atomic mass is 33.1. The molecule has 2 aliphatic heterocycles. The Labute approximate surface area is 434 Å². The highest BCUT2D eigenvalue weighted by Gasteiger charge is 2.57. The number of aromatic amines is 1. The molecule has 1 aromatic heterocycles. The van der Waals surface area contributed by atoms with Crippen LogP contribution in [0.15, 0.2) is 95.5 Å². The van der Waals surface area contributed by atoms with Crippen molar-refractivity contribution in [1.29, 1.82) is 0 Å². The molecule has 0 amide bonds. The van der Waals surface area contributed by atoms with E-state index in [0.29, 0.717) is 68.8 Å². The molecule has 14 atom stereocenters. The smallest absolute Gasteiger partial charge is 0.161 e. The van der Waals surface area contributed by atoms with Crippen molar-refractivity contribution in [3.63, 3.8) is 0 Å². The van der Waals surface area contributed by atoms with Gasteiger partial charge in [-0.1, -0.05) is 101 Å². The molecule has 72 heavy (non-hydrogen) atoms. The number of aliphatic hydroxyl groups is 6. The van der Waals surface area contributed by atoms with Crippen LogP contribution in [0.2, 0.25) is 0 Å². The second-order valence-electron chi connectivity index (χ2n) is 22.6. The van der Waals surface area contributed by atoms with Crippen LogP contribution in [-0.4, -0.2) is 103 Å². The Hall–Kier alpha value is -3.84. The average Bonchev–Trinajstić information content (AvgIpc) is 4.04. The van der Waals surface area contributed by atoms with E-state index in [1.807, 2.05) is 18.3 Å². The predicted molar refractivity (Wildman–Crippen MR) is 286 cm³/mol. The van der Waals surface area contributed by atoms with E-state index in [-0.39, 0.29) is 59.7 Å². The van der Waals surface area contributed by atoms with E-state index in [1.165, 1.54) is 11.1 Å². The van der Waals surface area contributed by atoms with E-state index >= 15 is 0 Å². The number of aromatic nitrogens is 1. The normalized spacial score (nSPS) is 35.9. The van der Waals surface area contributed by atoms with Crippen molar-refractivity contribution < 1.29 is 40.5 Å². The Morgan fingerprint density at radius 1 is 0.903 bits per heavy atom. The van der Waals surface area contributed by atoms with E-state index in [2.05, 4.69) is 77.6 Å². The van der Waals surface area contributed by atoms with Crippen molar-refractivity contribution in [3.05, 3.63) is 118 Å². The van der Waals surface area contributed by atoms with E-state index in [9.17, 15) is 35.7 Å². The number of H-pyrrole nitrogens is 1. The highest BCUT2D eigenvalue weighted by Crippen LogP contribution is 2.64. The highest BCUT2D eigenvalue weighted by molar-refractivity contribution is 8.76. The van der Waals surface area contributed by atoms with E-state index in [0.717, 1.165) is 72.9 Å². The number of phenolic OH excluding ortho intramolecular Hbond substituents is 1. The fraction of sp³-hybridized carbons (Fsp3) is 0.593. The molecule has 3 fully saturated rings. The number of nitrogens with one attached hydrogen (secondary N) is 2. The maximum Gasteiger partial charge on any atom is 0.161 e. The van der Waals surface area contributed by atoms with Crippen LogP contribution in [0.1, 0.15) is 118 Å². The van der Waals surface area contributed by atoms with Gasteiger partial charge in [-0.05, 0) is 147 Å². The van der Waals surface area contributed by atoms with E-state index in [4.69, 9.17) is 10.5 Å². The van der Waals surface area contributed by atoms with Gasteiger partial charge in [0.05, 0.1) is 24.4 Å². The van der Waals surface area contributed by atoms with Crippen molar-refractivity contribution in [2.75, 3.05) is 31.3 Å². The second kappa shape index (κ2) is 22.2. The quantitative estimate of drug-likeness (QED) is 0.0593. The molecule has 388 valence electrons. The van der Waals surface area contributed by atoms with Gasteiger partial charge < -0.3 is 56.5 Å². The van der Waals surface area contributed by atoms with Crippen molar-refractivity contribution in [3.8, 4) is 23.3 Å². The van der Waals surface area contributed by atoms with Gasteiger partial charge in [0.25, 0.3) is 0 Å². The maximum atomic E-state index is 12.6. The second-order valence-corrected chi connectivity index (χ2v) is 25.1. The molecule has 2 spiro atoms. The van der Waals surface area contributed by atoms with Crippen molar-refractivity contribution in [2.24, 2.45) is 52.1 Å². The monoisotopic (exact) mass is 1020 g/mol. The number of fused-ring (bicyclic) bond motifs is 5. The summed E-state index contributed by atoms with van der Waals surface area (Å²) in [7, 11) is 3.25. The minimum Gasteiger partial charge on any atom is -0.504 e. The number of hydrogen-bond donors (Lipinski definition) is 10. The molecule has 10 rings (SSSR count). The number of nitrogens with two attached hydrogens (primary N) is 1. The van der Waals surface area contributed by atoms with Gasteiger partial charge in [0.1, 0.15) is 11.9 Å². The zero-order chi connectivity index (χ0) is 50.1. The number of phenols is 1. The van der Waals surface area contributed by atoms with Crippen LogP contribution in [0.5, 0.6) is 11.5 Å². The zero-order valence-corrected chi connectivity index (χ0v) is 43.4. The van der Waals surface area contributed by atoms with Crippen LogP contribution in [0.25, 0.3) is 0 Å². The van der Waals surface area contributed by atoms with Gasteiger partial charge in [0.15, 0.2) is 11.5 Å². The standard InChI is InChI=1S/C59H77N3O8S2/c1-2-35-21-38-24-50(67)52(70-53-25-39(22-42-11-8-19-61-42)44-15-20-62-57(60)48(44)34-72-71-33-41(31-63)56(53)69)27-46(38)47-26-51(68)55-37(23-45(35)47)14-18-59(30-43(65)12-13-49(55)66)29-40(36-9-4-3-5-10-36)28-58(54(59)32-64)16-6-7-17-58/h3-5,8-11,15,19,23-24,27,35,37,39-41,43,47,49,51,53-56,61-69H,2,6-7,12-13,16-17,20-22,25-26,28-34,60H2,1H3. The lowest BCUT2D eigenvalue weighted by atomic mass is 9.49. The fourth-order valence-electron chi connectivity index (χ4n) is 14.9. The largest absolute Gasteiger partial charge is 0.504 e. The third-order valence-electron chi connectivity index (χ3n) is 18.5. The summed E-state index contributed by atoms with van der Waals surface area (Å²) >= 11 is 0. The Kier molecular flexibility index (Phi) is 15.9. The van der Waals surface area contributed by atoms with Crippen molar-refractivity contribution >= 4 is 21.6 Å². The first-order valence-electron chi connectivity index (χ1n) is 27.0. The summed E-state index contributed by atoms with van der Waals surface area (Å²) in [6.45, 7) is 2.53. The number of hydrogen-bond acceptors (Lipinski definition) is 12. The number of aromatic hydroxyl groups is 1. The number of rotatable bonds is 8. The molecule has 0 radical (unpaired) electrons. The van der Waals surface area contributed by atoms with E-state index in [1.54, 1.807) is 27.7 Å².